The molecule has 1 aliphatic rings. The van der Waals surface area contributed by atoms with Gasteiger partial charge in [0.15, 0.2) is 9.84 Å². The van der Waals surface area contributed by atoms with E-state index < -0.39 is 71.7 Å². The van der Waals surface area contributed by atoms with Crippen LogP contribution < -0.4 is 10.2 Å². The van der Waals surface area contributed by atoms with Crippen molar-refractivity contribution >= 4 is 74.0 Å². The van der Waals surface area contributed by atoms with Gasteiger partial charge in [-0.05, 0) is 95.6 Å². The zero-order valence-corrected chi connectivity index (χ0v) is 36.6. The Labute approximate surface area is 350 Å². The third kappa shape index (κ3) is 9.67. The van der Waals surface area contributed by atoms with E-state index in [0.717, 1.165) is 24.5 Å². The number of unbranched alkanes of at least 4 members (excludes halogenated alkanes) is 2. The largest absolute Gasteiger partial charge is 0.481 e. The van der Waals surface area contributed by atoms with Gasteiger partial charge in [-0.1, -0.05) is 65.0 Å². The predicted octanol–water partition coefficient (Wildman–Crippen LogP) is 7.44. The van der Waals surface area contributed by atoms with E-state index in [1.54, 1.807) is 49.1 Å². The number of aliphatic carboxylic acids is 1. The molecule has 0 bridgehead atoms. The molecule has 0 saturated carbocycles. The maximum Gasteiger partial charge on any atom is 0.303 e. The molecule has 4 aromatic carbocycles. The Morgan fingerprint density at radius 3 is 2.03 bits per heavy atom. The summed E-state index contributed by atoms with van der Waals surface area (Å²) in [6, 6.07) is 14.4. The van der Waals surface area contributed by atoms with Crippen LogP contribution in [0, 0.1) is 0 Å². The number of carboxylic acid groups (broad SMARTS) is 1. The summed E-state index contributed by atoms with van der Waals surface area (Å²) in [6.07, 6.45) is 8.03. The van der Waals surface area contributed by atoms with Crippen molar-refractivity contribution in [2.24, 2.45) is 0 Å². The van der Waals surface area contributed by atoms with Crippen LogP contribution >= 0.6 is 0 Å². The second-order valence-electron chi connectivity index (χ2n) is 15.5. The minimum atomic E-state index is -5.05. The van der Waals surface area contributed by atoms with Crippen molar-refractivity contribution in [3.63, 3.8) is 0 Å². The summed E-state index contributed by atoms with van der Waals surface area (Å²) >= 11 is 0. The van der Waals surface area contributed by atoms with Crippen molar-refractivity contribution in [1.29, 1.82) is 0 Å². The second kappa shape index (κ2) is 16.5. The number of allylic oxidation sites excluding steroid dienone is 5. The quantitative estimate of drug-likeness (QED) is 0.0416. The van der Waals surface area contributed by atoms with Crippen LogP contribution in [-0.2, 0) is 55.8 Å². The Bertz CT molecular complexity index is 2930. The normalized spacial score (nSPS) is 15.5. The molecule has 4 aromatic rings. The fourth-order valence-corrected chi connectivity index (χ4v) is 9.69. The predicted molar refractivity (Wildman–Crippen MR) is 229 cm³/mol. The fourth-order valence-electron chi connectivity index (χ4n) is 7.31. The molecule has 0 amide bonds. The summed E-state index contributed by atoms with van der Waals surface area (Å²) in [4.78, 5) is 10.8. The molecule has 15 nitrogen and oxygen atoms in total. The molecule has 0 saturated heterocycles. The zero-order chi connectivity index (χ0) is 44.8. The highest BCUT2D eigenvalue weighted by atomic mass is 32.2. The first-order valence-electron chi connectivity index (χ1n) is 18.4. The van der Waals surface area contributed by atoms with Crippen LogP contribution in [0.4, 0.5) is 17.1 Å². The number of nitrogens with zero attached hydrogens (tertiary/aromatic N) is 1. The molecule has 60 heavy (non-hydrogen) atoms. The lowest BCUT2D eigenvalue weighted by molar-refractivity contribution is -0.137. The van der Waals surface area contributed by atoms with E-state index >= 15 is 0 Å². The minimum Gasteiger partial charge on any atom is -0.481 e. The Morgan fingerprint density at radius 1 is 0.800 bits per heavy atom. The van der Waals surface area contributed by atoms with E-state index in [0.29, 0.717) is 53.9 Å². The number of anilines is 3. The molecular weight excluding hydrogens is 857 g/mol. The standard InChI is InChI=1S/C41H46N2O13S4/c1-26(40(2,3)33-24-28(57(6,46)47)18-20-34(33)42-21-9-7-8-16-38(44)45)12-10-15-37-41(4,5)39-31-19-17-30(59(51,52)53)23-32(31)36(60(54,55)56)25-35(39)43(37)27-13-11-14-29(22-27)58(48,49)50/h10-15,17-20,22-25,42H,1,7-9,16,21H2,2-6H3,(H,44,45)(H,48,49,50)(H,51,52,53)(H,54,55,56). The van der Waals surface area contributed by atoms with Gasteiger partial charge in [-0.2, -0.15) is 25.3 Å². The Morgan fingerprint density at radius 2 is 1.43 bits per heavy atom. The van der Waals surface area contributed by atoms with Crippen molar-refractivity contribution in [3.05, 3.63) is 114 Å². The fraction of sp³-hybridized carbons (Fsp3) is 0.293. The van der Waals surface area contributed by atoms with Gasteiger partial charge in [-0.15, -0.1) is 0 Å². The van der Waals surface area contributed by atoms with E-state index in [9.17, 15) is 52.1 Å². The number of carboxylic acids is 1. The molecule has 1 aliphatic heterocycles. The van der Waals surface area contributed by atoms with E-state index in [1.807, 2.05) is 13.8 Å². The van der Waals surface area contributed by atoms with Gasteiger partial charge in [-0.25, -0.2) is 8.42 Å². The minimum absolute atomic E-state index is 0.0573. The molecule has 5 N–H and O–H groups in total. The summed E-state index contributed by atoms with van der Waals surface area (Å²) in [6.45, 7) is 12.1. The lowest BCUT2D eigenvalue weighted by atomic mass is 9.77. The first kappa shape index (κ1) is 46.2. The Balaban J connectivity index is 1.66. The number of benzene rings is 4. The molecular formula is C41H46N2O13S4. The van der Waals surface area contributed by atoms with Gasteiger partial charge in [0.1, 0.15) is 4.90 Å². The van der Waals surface area contributed by atoms with Crippen LogP contribution in [-0.4, -0.2) is 71.2 Å². The van der Waals surface area contributed by atoms with Gasteiger partial charge in [0, 0.05) is 52.5 Å². The third-order valence-corrected chi connectivity index (χ3v) is 14.3. The van der Waals surface area contributed by atoms with Gasteiger partial charge < -0.3 is 15.3 Å². The smallest absolute Gasteiger partial charge is 0.303 e. The molecule has 0 fully saturated rings. The number of carbonyl (C=O) groups is 1. The van der Waals surface area contributed by atoms with Crippen LogP contribution in [0.2, 0.25) is 0 Å². The zero-order valence-electron chi connectivity index (χ0n) is 33.4. The lowest BCUT2D eigenvalue weighted by Gasteiger charge is -2.30. The van der Waals surface area contributed by atoms with E-state index in [1.165, 1.54) is 36.4 Å². The van der Waals surface area contributed by atoms with Crippen molar-refractivity contribution in [2.75, 3.05) is 23.0 Å². The molecule has 0 aromatic heterocycles. The number of hydrogen-bond acceptors (Lipinski definition) is 11. The monoisotopic (exact) mass is 902 g/mol. The molecule has 0 radical (unpaired) electrons. The third-order valence-electron chi connectivity index (χ3n) is 10.6. The number of sulfone groups is 1. The highest BCUT2D eigenvalue weighted by molar-refractivity contribution is 7.90. The summed E-state index contributed by atoms with van der Waals surface area (Å²) < 4.78 is 130. The average molecular weight is 903 g/mol. The maximum absolute atomic E-state index is 12.9. The SMILES string of the molecule is C=C(C=CC=C1N(c2cccc(S(=O)(=O)O)c2)c2cc(S(=O)(=O)O)c3cc(S(=O)(=O)O)ccc3c2C1(C)C)C(C)(C)c1cc(S(C)(=O)=O)ccc1NCCCCCC(=O)O. The molecule has 1 heterocycles. The molecule has 0 atom stereocenters. The molecule has 0 aliphatic carbocycles. The van der Waals surface area contributed by atoms with Gasteiger partial charge in [-0.3, -0.25) is 18.5 Å². The van der Waals surface area contributed by atoms with Crippen molar-refractivity contribution in [1.82, 2.24) is 0 Å². The second-order valence-corrected chi connectivity index (χ2v) is 21.8. The summed E-state index contributed by atoms with van der Waals surface area (Å²) in [5.74, 6) is -0.873. The lowest BCUT2D eigenvalue weighted by Crippen LogP contribution is -2.23. The van der Waals surface area contributed by atoms with Crippen LogP contribution in [0.15, 0.2) is 122 Å². The average Bonchev–Trinajstić information content (AvgIpc) is 3.36. The maximum atomic E-state index is 12.9. The number of fused-ring (bicyclic) bond motifs is 3. The van der Waals surface area contributed by atoms with Crippen molar-refractivity contribution < 1.29 is 57.2 Å². The van der Waals surface area contributed by atoms with Gasteiger partial charge in [0.25, 0.3) is 30.4 Å². The first-order chi connectivity index (χ1) is 27.6. The number of nitrogens with one attached hydrogen (secondary N) is 1. The molecule has 19 heteroatoms. The molecule has 5 rings (SSSR count). The highest BCUT2D eigenvalue weighted by Gasteiger charge is 2.44. The van der Waals surface area contributed by atoms with E-state index in [2.05, 4.69) is 11.9 Å². The summed E-state index contributed by atoms with van der Waals surface area (Å²) in [7, 11) is -18.2. The Hall–Kier alpha value is -4.89. The van der Waals surface area contributed by atoms with Crippen LogP contribution in [0.3, 0.4) is 0 Å². The molecule has 0 unspecified atom stereocenters. The topological polar surface area (TPSA) is 250 Å². The van der Waals surface area contributed by atoms with Crippen LogP contribution in [0.1, 0.15) is 64.5 Å². The number of hydrogen-bond donors (Lipinski definition) is 5. The molecule has 0 spiro atoms. The van der Waals surface area contributed by atoms with Gasteiger partial charge >= 0.3 is 5.97 Å². The van der Waals surface area contributed by atoms with Gasteiger partial charge in [0.2, 0.25) is 0 Å². The number of rotatable bonds is 16. The summed E-state index contributed by atoms with van der Waals surface area (Å²) in [5, 5.41) is 12.3. The van der Waals surface area contributed by atoms with Crippen molar-refractivity contribution in [3.8, 4) is 0 Å². The van der Waals surface area contributed by atoms with Crippen LogP contribution in [0.5, 0.6) is 0 Å². The van der Waals surface area contributed by atoms with E-state index in [4.69, 9.17) is 5.11 Å². The van der Waals surface area contributed by atoms with Crippen LogP contribution in [0.25, 0.3) is 10.8 Å². The highest BCUT2D eigenvalue weighted by Crippen LogP contribution is 2.55. The Kier molecular flexibility index (Phi) is 12.7. The van der Waals surface area contributed by atoms with Crippen molar-refractivity contribution in [2.45, 2.75) is 83.8 Å². The van der Waals surface area contributed by atoms with E-state index in [-0.39, 0.29) is 33.5 Å². The first-order valence-corrected chi connectivity index (χ1v) is 24.6. The molecule has 322 valence electrons. The summed E-state index contributed by atoms with van der Waals surface area (Å²) in [5.41, 5.74) is 1.03. The van der Waals surface area contributed by atoms with Gasteiger partial charge in [0.05, 0.1) is 20.4 Å².